The van der Waals surface area contributed by atoms with Gasteiger partial charge < -0.3 is 10.2 Å². The van der Waals surface area contributed by atoms with Crippen LogP contribution < -0.4 is 5.32 Å². The van der Waals surface area contributed by atoms with E-state index < -0.39 is 6.04 Å². The van der Waals surface area contributed by atoms with E-state index in [-0.39, 0.29) is 11.8 Å². The maximum absolute atomic E-state index is 13.5. The van der Waals surface area contributed by atoms with Crippen LogP contribution in [0.3, 0.4) is 0 Å². The SMILES string of the molecule is CCNC(=O)C(Cc1ccccc1)N(Cc1cccc(Cl)c1)C(=O)CCCSc1ccc(Cl)cc1. The van der Waals surface area contributed by atoms with Crippen LogP contribution in [0.1, 0.15) is 30.9 Å². The molecule has 2 amide bonds. The Labute approximate surface area is 222 Å². The fourth-order valence-electron chi connectivity index (χ4n) is 3.77. The van der Waals surface area contributed by atoms with E-state index in [1.54, 1.807) is 22.7 Å². The van der Waals surface area contributed by atoms with E-state index in [4.69, 9.17) is 23.2 Å². The third-order valence-electron chi connectivity index (χ3n) is 5.48. The number of halogens is 2. The third kappa shape index (κ3) is 8.92. The van der Waals surface area contributed by atoms with Crippen molar-refractivity contribution >= 4 is 46.8 Å². The number of rotatable bonds is 12. The molecule has 1 atom stereocenters. The van der Waals surface area contributed by atoms with Gasteiger partial charge in [0.2, 0.25) is 11.8 Å². The van der Waals surface area contributed by atoms with Crippen molar-refractivity contribution in [2.75, 3.05) is 12.3 Å². The smallest absolute Gasteiger partial charge is 0.243 e. The quantitative estimate of drug-likeness (QED) is 0.211. The summed E-state index contributed by atoms with van der Waals surface area (Å²) >= 11 is 13.9. The van der Waals surface area contributed by atoms with E-state index in [2.05, 4.69) is 5.32 Å². The molecule has 184 valence electrons. The van der Waals surface area contributed by atoms with Gasteiger partial charge in [-0.05, 0) is 66.6 Å². The lowest BCUT2D eigenvalue weighted by molar-refractivity contribution is -0.141. The van der Waals surface area contributed by atoms with E-state index in [1.165, 1.54) is 0 Å². The van der Waals surface area contributed by atoms with E-state index in [0.29, 0.717) is 42.4 Å². The minimum absolute atomic E-state index is 0.0473. The molecule has 0 spiro atoms. The monoisotopic (exact) mass is 528 g/mol. The Morgan fingerprint density at radius 1 is 0.914 bits per heavy atom. The van der Waals surface area contributed by atoms with Gasteiger partial charge in [0.25, 0.3) is 0 Å². The van der Waals surface area contributed by atoms with Crippen molar-refractivity contribution in [1.29, 1.82) is 0 Å². The minimum atomic E-state index is -0.618. The van der Waals surface area contributed by atoms with Gasteiger partial charge in [0, 0.05) is 40.9 Å². The zero-order valence-electron chi connectivity index (χ0n) is 19.8. The highest BCUT2D eigenvalue weighted by Crippen LogP contribution is 2.23. The van der Waals surface area contributed by atoms with Gasteiger partial charge in [0.1, 0.15) is 6.04 Å². The van der Waals surface area contributed by atoms with Crippen LogP contribution in [0.25, 0.3) is 0 Å². The third-order valence-corrected chi connectivity index (χ3v) is 7.07. The van der Waals surface area contributed by atoms with Gasteiger partial charge in [0.15, 0.2) is 0 Å². The van der Waals surface area contributed by atoms with Crippen LogP contribution in [0.15, 0.2) is 83.8 Å². The lowest BCUT2D eigenvalue weighted by Crippen LogP contribution is -2.50. The molecule has 0 aliphatic carbocycles. The molecule has 4 nitrogen and oxygen atoms in total. The number of thioether (sulfide) groups is 1. The Balaban J connectivity index is 1.76. The topological polar surface area (TPSA) is 49.4 Å². The molecule has 0 aromatic heterocycles. The molecule has 1 unspecified atom stereocenters. The van der Waals surface area contributed by atoms with Crippen LogP contribution in [0.2, 0.25) is 10.0 Å². The number of nitrogens with one attached hydrogen (secondary N) is 1. The maximum Gasteiger partial charge on any atom is 0.243 e. The predicted molar refractivity (Wildman–Crippen MR) is 146 cm³/mol. The number of likely N-dealkylation sites (N-methyl/N-ethyl adjacent to an activating group) is 1. The second-order valence-electron chi connectivity index (χ2n) is 8.16. The van der Waals surface area contributed by atoms with Crippen LogP contribution in [-0.2, 0) is 22.6 Å². The summed E-state index contributed by atoms with van der Waals surface area (Å²) in [6, 6.07) is 24.3. The Morgan fingerprint density at radius 3 is 2.31 bits per heavy atom. The fraction of sp³-hybridized carbons (Fsp3) is 0.286. The summed E-state index contributed by atoms with van der Waals surface area (Å²) in [5, 5.41) is 4.23. The Hall–Kier alpha value is -2.47. The number of amides is 2. The number of carbonyl (C=O) groups is 2. The molecular formula is C28H30Cl2N2O2S. The molecule has 0 aliphatic heterocycles. The number of nitrogens with zero attached hydrogens (tertiary/aromatic N) is 1. The summed E-state index contributed by atoms with van der Waals surface area (Å²) in [5.41, 5.74) is 1.90. The van der Waals surface area contributed by atoms with E-state index in [1.807, 2.05) is 79.7 Å². The fourth-order valence-corrected chi connectivity index (χ4v) is 4.96. The molecule has 3 rings (SSSR count). The maximum atomic E-state index is 13.5. The summed E-state index contributed by atoms with van der Waals surface area (Å²) in [4.78, 5) is 29.5. The van der Waals surface area contributed by atoms with E-state index >= 15 is 0 Å². The van der Waals surface area contributed by atoms with Gasteiger partial charge in [-0.3, -0.25) is 9.59 Å². The van der Waals surface area contributed by atoms with Crippen molar-refractivity contribution in [3.8, 4) is 0 Å². The molecule has 7 heteroatoms. The van der Waals surface area contributed by atoms with Gasteiger partial charge in [-0.25, -0.2) is 0 Å². The van der Waals surface area contributed by atoms with Crippen molar-refractivity contribution in [1.82, 2.24) is 10.2 Å². The number of hydrogen-bond acceptors (Lipinski definition) is 3. The minimum Gasteiger partial charge on any atom is -0.355 e. The highest BCUT2D eigenvalue weighted by molar-refractivity contribution is 7.99. The molecular weight excluding hydrogens is 499 g/mol. The van der Waals surface area contributed by atoms with Crippen molar-refractivity contribution in [2.45, 2.75) is 43.7 Å². The molecule has 1 N–H and O–H groups in total. The van der Waals surface area contributed by atoms with Crippen molar-refractivity contribution in [3.05, 3.63) is 100 Å². The van der Waals surface area contributed by atoms with E-state index in [0.717, 1.165) is 21.8 Å². The molecule has 0 radical (unpaired) electrons. The van der Waals surface area contributed by atoms with Crippen LogP contribution in [-0.4, -0.2) is 35.1 Å². The molecule has 35 heavy (non-hydrogen) atoms. The van der Waals surface area contributed by atoms with Crippen LogP contribution in [0, 0.1) is 0 Å². The first-order valence-corrected chi connectivity index (χ1v) is 13.4. The summed E-state index contributed by atoms with van der Waals surface area (Å²) in [7, 11) is 0. The van der Waals surface area contributed by atoms with Crippen molar-refractivity contribution in [3.63, 3.8) is 0 Å². The molecule has 0 aliphatic rings. The lowest BCUT2D eigenvalue weighted by Gasteiger charge is -2.31. The zero-order chi connectivity index (χ0) is 25.0. The molecule has 0 bridgehead atoms. The number of hydrogen-bond donors (Lipinski definition) is 1. The van der Waals surface area contributed by atoms with Gasteiger partial charge in [-0.2, -0.15) is 0 Å². The highest BCUT2D eigenvalue weighted by Gasteiger charge is 2.29. The summed E-state index contributed by atoms with van der Waals surface area (Å²) in [6.45, 7) is 2.70. The first kappa shape index (κ1) is 27.1. The summed E-state index contributed by atoms with van der Waals surface area (Å²) < 4.78 is 0. The van der Waals surface area contributed by atoms with Crippen molar-refractivity contribution < 1.29 is 9.59 Å². The average molecular weight is 530 g/mol. The predicted octanol–water partition coefficient (Wildman–Crippen LogP) is 6.64. The summed E-state index contributed by atoms with van der Waals surface area (Å²) in [6.07, 6.45) is 1.50. The normalized spacial score (nSPS) is 11.6. The highest BCUT2D eigenvalue weighted by atomic mass is 35.5. The Kier molecular flexibility index (Phi) is 11.0. The van der Waals surface area contributed by atoms with Gasteiger partial charge in [0.05, 0.1) is 0 Å². The Bertz CT molecular complexity index is 1090. The average Bonchev–Trinajstić information content (AvgIpc) is 2.86. The zero-order valence-corrected chi connectivity index (χ0v) is 22.1. The summed E-state index contributed by atoms with van der Waals surface area (Å²) in [5.74, 6) is 0.597. The molecule has 0 fully saturated rings. The largest absolute Gasteiger partial charge is 0.355 e. The number of carbonyl (C=O) groups excluding carboxylic acids is 2. The first-order valence-electron chi connectivity index (χ1n) is 11.7. The molecule has 0 saturated carbocycles. The first-order chi connectivity index (χ1) is 17.0. The second-order valence-corrected chi connectivity index (χ2v) is 10.2. The van der Waals surface area contributed by atoms with Crippen LogP contribution in [0.4, 0.5) is 0 Å². The van der Waals surface area contributed by atoms with Crippen LogP contribution in [0.5, 0.6) is 0 Å². The molecule has 3 aromatic rings. The number of benzene rings is 3. The molecule has 3 aromatic carbocycles. The Morgan fingerprint density at radius 2 is 1.63 bits per heavy atom. The van der Waals surface area contributed by atoms with E-state index in [9.17, 15) is 9.59 Å². The van der Waals surface area contributed by atoms with Gasteiger partial charge in [-0.1, -0.05) is 65.7 Å². The lowest BCUT2D eigenvalue weighted by atomic mass is 10.0. The van der Waals surface area contributed by atoms with Gasteiger partial charge >= 0.3 is 0 Å². The standard InChI is InChI=1S/C28H30Cl2N2O2S/c1-2-31-28(34)26(19-21-8-4-3-5-9-21)32(20-22-10-6-11-24(30)18-22)27(33)12-7-17-35-25-15-13-23(29)14-16-25/h3-6,8-11,13-16,18,26H,2,7,12,17,19-20H2,1H3,(H,31,34). The van der Waals surface area contributed by atoms with Gasteiger partial charge in [-0.15, -0.1) is 11.8 Å². The molecule has 0 saturated heterocycles. The van der Waals surface area contributed by atoms with Crippen molar-refractivity contribution in [2.24, 2.45) is 0 Å². The van der Waals surface area contributed by atoms with Crippen LogP contribution >= 0.6 is 35.0 Å². The molecule has 0 heterocycles. The second kappa shape index (κ2) is 14.2.